The van der Waals surface area contributed by atoms with Crippen LogP contribution in [0.4, 0.5) is 5.69 Å². The first kappa shape index (κ1) is 14.5. The van der Waals surface area contributed by atoms with Crippen LogP contribution < -0.4 is 10.1 Å². The summed E-state index contributed by atoms with van der Waals surface area (Å²) in [7, 11) is 0. The van der Waals surface area contributed by atoms with Gasteiger partial charge in [0.25, 0.3) is 0 Å². The fraction of sp³-hybridized carbons (Fsp3) is 0.286. The number of benzene rings is 1. The van der Waals surface area contributed by atoms with Crippen LogP contribution in [0.25, 0.3) is 0 Å². The molecule has 0 unspecified atom stereocenters. The highest BCUT2D eigenvalue weighted by atomic mass is 35.5. The summed E-state index contributed by atoms with van der Waals surface area (Å²) in [5.74, 6) is 0.710. The van der Waals surface area contributed by atoms with Crippen molar-refractivity contribution in [2.45, 2.75) is 26.5 Å². The van der Waals surface area contributed by atoms with E-state index in [-0.39, 0.29) is 6.10 Å². The number of rotatable bonds is 5. The van der Waals surface area contributed by atoms with Crippen LogP contribution in [-0.2, 0) is 6.54 Å². The van der Waals surface area contributed by atoms with Crippen LogP contribution >= 0.6 is 34.5 Å². The molecule has 0 bridgehead atoms. The summed E-state index contributed by atoms with van der Waals surface area (Å²) in [5, 5.41) is 6.62. The highest BCUT2D eigenvalue weighted by Gasteiger charge is 2.05. The Bertz CT molecular complexity index is 554. The zero-order valence-electron chi connectivity index (χ0n) is 10.7. The Balaban J connectivity index is 1.99. The van der Waals surface area contributed by atoms with Crippen molar-refractivity contribution < 1.29 is 4.74 Å². The predicted molar refractivity (Wildman–Crippen MR) is 83.9 cm³/mol. The molecule has 0 atom stereocenters. The number of ether oxygens (including phenoxy) is 1. The summed E-state index contributed by atoms with van der Waals surface area (Å²) < 4.78 is 5.59. The summed E-state index contributed by atoms with van der Waals surface area (Å²) in [5.41, 5.74) is 0.964. The maximum atomic E-state index is 6.18. The van der Waals surface area contributed by atoms with Gasteiger partial charge in [0.2, 0.25) is 0 Å². The number of nitrogens with one attached hydrogen (secondary N) is 1. The summed E-state index contributed by atoms with van der Waals surface area (Å²) in [6.07, 6.45) is 0.115. The van der Waals surface area contributed by atoms with Gasteiger partial charge in [-0.15, -0.1) is 11.3 Å². The second-order valence-electron chi connectivity index (χ2n) is 4.40. The van der Waals surface area contributed by atoms with Gasteiger partial charge in [-0.05, 0) is 38.1 Å². The van der Waals surface area contributed by atoms with Gasteiger partial charge in [0.1, 0.15) is 5.75 Å². The molecule has 2 rings (SSSR count). The fourth-order valence-corrected chi connectivity index (χ4v) is 2.83. The van der Waals surface area contributed by atoms with Crippen molar-refractivity contribution in [1.29, 1.82) is 0 Å². The molecule has 2 aromatic rings. The molecule has 0 aliphatic rings. The second kappa shape index (κ2) is 6.51. The van der Waals surface area contributed by atoms with E-state index in [0.717, 1.165) is 17.3 Å². The Morgan fingerprint density at radius 1 is 1.26 bits per heavy atom. The van der Waals surface area contributed by atoms with Crippen LogP contribution in [0.1, 0.15) is 18.7 Å². The van der Waals surface area contributed by atoms with Crippen LogP contribution in [0.5, 0.6) is 5.75 Å². The Morgan fingerprint density at radius 2 is 2.05 bits per heavy atom. The minimum Gasteiger partial charge on any atom is -0.489 e. The van der Waals surface area contributed by atoms with E-state index in [1.165, 1.54) is 4.88 Å². The average molecular weight is 316 g/mol. The third-order valence-electron chi connectivity index (χ3n) is 2.38. The van der Waals surface area contributed by atoms with E-state index in [0.29, 0.717) is 10.8 Å². The van der Waals surface area contributed by atoms with Crippen molar-refractivity contribution in [3.05, 3.63) is 44.6 Å². The van der Waals surface area contributed by atoms with E-state index < -0.39 is 0 Å². The fourth-order valence-electron chi connectivity index (χ4n) is 1.60. The SMILES string of the molecule is CC(C)Oc1ccc(NCc2cc(Cl)cs2)cc1Cl. The van der Waals surface area contributed by atoms with E-state index in [4.69, 9.17) is 27.9 Å². The molecule has 5 heteroatoms. The number of thiophene rings is 1. The first-order valence-corrected chi connectivity index (χ1v) is 7.61. The zero-order valence-corrected chi connectivity index (χ0v) is 13.1. The van der Waals surface area contributed by atoms with Crippen LogP contribution in [0.2, 0.25) is 10.0 Å². The predicted octanol–water partition coefficient (Wildman–Crippen LogP) is 5.45. The molecule has 2 nitrogen and oxygen atoms in total. The molecule has 0 saturated heterocycles. The third kappa shape index (κ3) is 4.30. The lowest BCUT2D eigenvalue weighted by molar-refractivity contribution is 0.242. The molecular formula is C14H15Cl2NOS. The second-order valence-corrected chi connectivity index (χ2v) is 6.24. The molecule has 1 aromatic heterocycles. The number of halogens is 2. The van der Waals surface area contributed by atoms with E-state index in [1.54, 1.807) is 11.3 Å². The topological polar surface area (TPSA) is 21.3 Å². The van der Waals surface area contributed by atoms with E-state index in [9.17, 15) is 0 Å². The Morgan fingerprint density at radius 3 is 2.63 bits per heavy atom. The normalized spacial score (nSPS) is 10.8. The Hall–Kier alpha value is -0.900. The molecule has 0 saturated carbocycles. The molecule has 0 aliphatic carbocycles. The molecule has 0 spiro atoms. The van der Waals surface area contributed by atoms with Crippen molar-refractivity contribution in [1.82, 2.24) is 0 Å². The van der Waals surface area contributed by atoms with Crippen molar-refractivity contribution in [2.24, 2.45) is 0 Å². The molecule has 0 aliphatic heterocycles. The van der Waals surface area contributed by atoms with Gasteiger partial charge < -0.3 is 10.1 Å². The summed E-state index contributed by atoms with van der Waals surface area (Å²) >= 11 is 13.7. The smallest absolute Gasteiger partial charge is 0.138 e. The van der Waals surface area contributed by atoms with Gasteiger partial charge in [-0.2, -0.15) is 0 Å². The van der Waals surface area contributed by atoms with Crippen LogP contribution in [-0.4, -0.2) is 6.10 Å². The minimum atomic E-state index is 0.115. The summed E-state index contributed by atoms with van der Waals surface area (Å²) in [6.45, 7) is 4.68. The standard InChI is InChI=1S/C14H15Cl2NOS/c1-9(2)18-14-4-3-11(6-13(14)16)17-7-12-5-10(15)8-19-12/h3-6,8-9,17H,7H2,1-2H3. The van der Waals surface area contributed by atoms with Gasteiger partial charge in [0.05, 0.1) is 16.1 Å². The minimum absolute atomic E-state index is 0.115. The van der Waals surface area contributed by atoms with Gasteiger partial charge in [-0.25, -0.2) is 0 Å². The third-order valence-corrected chi connectivity index (χ3v) is 3.96. The lowest BCUT2D eigenvalue weighted by Crippen LogP contribution is -2.06. The molecule has 0 fully saturated rings. The Labute approximate surface area is 127 Å². The number of hydrogen-bond donors (Lipinski definition) is 1. The van der Waals surface area contributed by atoms with Crippen LogP contribution in [0.15, 0.2) is 29.6 Å². The highest BCUT2D eigenvalue weighted by Crippen LogP contribution is 2.29. The molecule has 1 N–H and O–H groups in total. The van der Waals surface area contributed by atoms with Crippen molar-refractivity contribution in [2.75, 3.05) is 5.32 Å². The largest absolute Gasteiger partial charge is 0.489 e. The molecule has 102 valence electrons. The van der Waals surface area contributed by atoms with E-state index in [2.05, 4.69) is 5.32 Å². The zero-order chi connectivity index (χ0) is 13.8. The van der Waals surface area contributed by atoms with Crippen molar-refractivity contribution in [3.63, 3.8) is 0 Å². The van der Waals surface area contributed by atoms with Crippen molar-refractivity contribution >= 4 is 40.2 Å². The summed E-state index contributed by atoms with van der Waals surface area (Å²) in [6, 6.07) is 7.66. The molecule has 19 heavy (non-hydrogen) atoms. The highest BCUT2D eigenvalue weighted by molar-refractivity contribution is 7.10. The van der Waals surface area contributed by atoms with Gasteiger partial charge in [0, 0.05) is 22.5 Å². The molecule has 1 heterocycles. The molecule has 0 amide bonds. The van der Waals surface area contributed by atoms with E-state index in [1.807, 2.05) is 43.5 Å². The van der Waals surface area contributed by atoms with Crippen LogP contribution in [0, 0.1) is 0 Å². The first-order chi connectivity index (χ1) is 9.04. The number of anilines is 1. The van der Waals surface area contributed by atoms with Crippen LogP contribution in [0.3, 0.4) is 0 Å². The van der Waals surface area contributed by atoms with E-state index >= 15 is 0 Å². The maximum Gasteiger partial charge on any atom is 0.138 e. The molecule has 0 radical (unpaired) electrons. The Kier molecular flexibility index (Phi) is 4.97. The molecule has 1 aromatic carbocycles. The summed E-state index contributed by atoms with van der Waals surface area (Å²) in [4.78, 5) is 1.18. The van der Waals surface area contributed by atoms with Gasteiger partial charge in [0.15, 0.2) is 0 Å². The first-order valence-electron chi connectivity index (χ1n) is 5.97. The maximum absolute atomic E-state index is 6.18. The molecular weight excluding hydrogens is 301 g/mol. The van der Waals surface area contributed by atoms with Gasteiger partial charge in [-0.3, -0.25) is 0 Å². The quantitative estimate of drug-likeness (QED) is 0.791. The number of hydrogen-bond acceptors (Lipinski definition) is 3. The lowest BCUT2D eigenvalue weighted by Gasteiger charge is -2.12. The van der Waals surface area contributed by atoms with Crippen molar-refractivity contribution in [3.8, 4) is 5.75 Å². The monoisotopic (exact) mass is 315 g/mol. The van der Waals surface area contributed by atoms with Gasteiger partial charge >= 0.3 is 0 Å². The van der Waals surface area contributed by atoms with Gasteiger partial charge in [-0.1, -0.05) is 23.2 Å². The average Bonchev–Trinajstić information content (AvgIpc) is 2.75. The lowest BCUT2D eigenvalue weighted by atomic mass is 10.3.